The largest absolute Gasteiger partial charge is 0.488 e. The highest BCUT2D eigenvalue weighted by Crippen LogP contribution is 2.29. The predicted octanol–water partition coefficient (Wildman–Crippen LogP) is 5.55. The molecule has 5 heteroatoms. The Morgan fingerprint density at radius 2 is 1.90 bits per heavy atom. The number of rotatable bonds is 6. The second-order valence-electron chi connectivity index (χ2n) is 4.57. The van der Waals surface area contributed by atoms with Crippen molar-refractivity contribution in [1.82, 2.24) is 5.32 Å². The van der Waals surface area contributed by atoms with Gasteiger partial charge in [-0.2, -0.15) is 0 Å². The van der Waals surface area contributed by atoms with E-state index < -0.39 is 0 Å². The van der Waals surface area contributed by atoms with Crippen LogP contribution in [-0.2, 0) is 13.2 Å². The molecule has 0 amide bonds. The molecule has 0 aliphatic rings. The van der Waals surface area contributed by atoms with Gasteiger partial charge in [0, 0.05) is 21.6 Å². The third-order valence-electron chi connectivity index (χ3n) is 2.97. The molecule has 0 saturated heterocycles. The number of hydrogen-bond donors (Lipinski definition) is 1. The number of benzene rings is 2. The quantitative estimate of drug-likeness (QED) is 0.645. The first-order valence-corrected chi connectivity index (χ1v) is 8.62. The van der Waals surface area contributed by atoms with Gasteiger partial charge in [0.25, 0.3) is 0 Å². The van der Waals surface area contributed by atoms with Crippen LogP contribution in [0.4, 0.5) is 0 Å². The lowest BCUT2D eigenvalue weighted by Gasteiger charge is -2.11. The molecular formula is C16H16Br2ClNO. The van der Waals surface area contributed by atoms with Crippen LogP contribution < -0.4 is 10.1 Å². The highest BCUT2D eigenvalue weighted by atomic mass is 79.9. The van der Waals surface area contributed by atoms with Gasteiger partial charge in [-0.25, -0.2) is 0 Å². The third kappa shape index (κ3) is 4.99. The smallest absolute Gasteiger partial charge is 0.134 e. The van der Waals surface area contributed by atoms with Crippen LogP contribution in [0.3, 0.4) is 0 Å². The van der Waals surface area contributed by atoms with Crippen LogP contribution in [-0.4, -0.2) is 6.54 Å². The molecule has 0 bridgehead atoms. The topological polar surface area (TPSA) is 21.3 Å². The first kappa shape index (κ1) is 16.8. The zero-order valence-corrected chi connectivity index (χ0v) is 15.6. The highest BCUT2D eigenvalue weighted by Gasteiger charge is 2.06. The van der Waals surface area contributed by atoms with E-state index in [1.54, 1.807) is 0 Å². The molecule has 0 aliphatic heterocycles. The van der Waals surface area contributed by atoms with Crippen LogP contribution >= 0.6 is 43.5 Å². The minimum atomic E-state index is 0.502. The molecule has 2 nitrogen and oxygen atoms in total. The fourth-order valence-corrected chi connectivity index (χ4v) is 3.17. The van der Waals surface area contributed by atoms with E-state index in [4.69, 9.17) is 16.3 Å². The molecule has 112 valence electrons. The summed E-state index contributed by atoms with van der Waals surface area (Å²) in [6.07, 6.45) is 0. The van der Waals surface area contributed by atoms with Gasteiger partial charge in [0.05, 0.1) is 4.47 Å². The number of halogens is 3. The normalized spacial score (nSPS) is 10.7. The molecule has 0 heterocycles. The summed E-state index contributed by atoms with van der Waals surface area (Å²) in [7, 11) is 0. The summed E-state index contributed by atoms with van der Waals surface area (Å²) in [4.78, 5) is 0. The van der Waals surface area contributed by atoms with Gasteiger partial charge < -0.3 is 10.1 Å². The van der Waals surface area contributed by atoms with Crippen LogP contribution in [0.15, 0.2) is 45.3 Å². The third-order valence-corrected chi connectivity index (χ3v) is 4.57. The molecule has 0 fully saturated rings. The fourth-order valence-electron chi connectivity index (χ4n) is 1.83. The SMILES string of the molecule is CCNCc1ccc(COc2ccc(Cl)cc2Br)c(Br)c1. The zero-order valence-electron chi connectivity index (χ0n) is 11.6. The van der Waals surface area contributed by atoms with E-state index in [-0.39, 0.29) is 0 Å². The van der Waals surface area contributed by atoms with Crippen LogP contribution in [0.5, 0.6) is 5.75 Å². The van der Waals surface area contributed by atoms with E-state index >= 15 is 0 Å². The van der Waals surface area contributed by atoms with Gasteiger partial charge in [-0.15, -0.1) is 0 Å². The van der Waals surface area contributed by atoms with Crippen molar-refractivity contribution in [1.29, 1.82) is 0 Å². The molecule has 0 aliphatic carbocycles. The van der Waals surface area contributed by atoms with Crippen LogP contribution in [0.25, 0.3) is 0 Å². The Morgan fingerprint density at radius 3 is 2.57 bits per heavy atom. The molecule has 2 aromatic carbocycles. The van der Waals surface area contributed by atoms with Crippen molar-refractivity contribution in [2.24, 2.45) is 0 Å². The van der Waals surface area contributed by atoms with E-state index in [1.807, 2.05) is 18.2 Å². The number of hydrogen-bond acceptors (Lipinski definition) is 2. The van der Waals surface area contributed by atoms with Gasteiger partial charge in [-0.05, 0) is 52.3 Å². The van der Waals surface area contributed by atoms with Crippen molar-refractivity contribution in [2.45, 2.75) is 20.1 Å². The van der Waals surface area contributed by atoms with Crippen molar-refractivity contribution < 1.29 is 4.74 Å². The summed E-state index contributed by atoms with van der Waals surface area (Å²) in [5.41, 5.74) is 2.36. The van der Waals surface area contributed by atoms with Gasteiger partial charge >= 0.3 is 0 Å². The van der Waals surface area contributed by atoms with Crippen molar-refractivity contribution in [2.75, 3.05) is 6.54 Å². The average Bonchev–Trinajstić information content (AvgIpc) is 2.45. The van der Waals surface area contributed by atoms with E-state index in [1.165, 1.54) is 5.56 Å². The Hall–Kier alpha value is -0.550. The van der Waals surface area contributed by atoms with Crippen LogP contribution in [0, 0.1) is 0 Å². The van der Waals surface area contributed by atoms with Crippen molar-refractivity contribution >= 4 is 43.5 Å². The summed E-state index contributed by atoms with van der Waals surface area (Å²) < 4.78 is 7.74. The van der Waals surface area contributed by atoms with Gasteiger partial charge in [0.1, 0.15) is 12.4 Å². The monoisotopic (exact) mass is 431 g/mol. The molecule has 0 saturated carbocycles. The second-order valence-corrected chi connectivity index (χ2v) is 6.71. The zero-order chi connectivity index (χ0) is 15.2. The Balaban J connectivity index is 2.02. The lowest BCUT2D eigenvalue weighted by molar-refractivity contribution is 0.303. The molecule has 1 N–H and O–H groups in total. The lowest BCUT2D eigenvalue weighted by atomic mass is 10.1. The summed E-state index contributed by atoms with van der Waals surface area (Å²) in [6.45, 7) is 4.44. The molecule has 0 spiro atoms. The number of nitrogens with one attached hydrogen (secondary N) is 1. The van der Waals surface area contributed by atoms with Crippen LogP contribution in [0.2, 0.25) is 5.02 Å². The van der Waals surface area contributed by atoms with Gasteiger partial charge in [-0.1, -0.05) is 46.6 Å². The molecule has 0 aromatic heterocycles. The molecule has 2 rings (SSSR count). The Kier molecular flexibility index (Phi) is 6.55. The minimum absolute atomic E-state index is 0.502. The van der Waals surface area contributed by atoms with Gasteiger partial charge in [-0.3, -0.25) is 0 Å². The van der Waals surface area contributed by atoms with E-state index in [2.05, 4.69) is 62.3 Å². The van der Waals surface area contributed by atoms with Crippen molar-refractivity contribution in [3.63, 3.8) is 0 Å². The first-order chi connectivity index (χ1) is 10.1. The van der Waals surface area contributed by atoms with Crippen molar-refractivity contribution in [3.05, 3.63) is 61.5 Å². The maximum Gasteiger partial charge on any atom is 0.134 e. The Morgan fingerprint density at radius 1 is 1.10 bits per heavy atom. The second kappa shape index (κ2) is 8.18. The minimum Gasteiger partial charge on any atom is -0.488 e. The van der Waals surface area contributed by atoms with Gasteiger partial charge in [0.2, 0.25) is 0 Å². The van der Waals surface area contributed by atoms with E-state index in [0.717, 1.165) is 33.3 Å². The van der Waals surface area contributed by atoms with Crippen molar-refractivity contribution in [3.8, 4) is 5.75 Å². The Labute approximate surface area is 147 Å². The standard InChI is InChI=1S/C16H16Br2ClNO/c1-2-20-9-11-3-4-12(14(17)7-11)10-21-16-6-5-13(19)8-15(16)18/h3-8,20H,2,9-10H2,1H3. The van der Waals surface area contributed by atoms with Crippen LogP contribution in [0.1, 0.15) is 18.1 Å². The number of ether oxygens (including phenoxy) is 1. The first-order valence-electron chi connectivity index (χ1n) is 6.66. The van der Waals surface area contributed by atoms with Gasteiger partial charge in [0.15, 0.2) is 0 Å². The molecule has 0 radical (unpaired) electrons. The molecular weight excluding hydrogens is 417 g/mol. The van der Waals surface area contributed by atoms with E-state index in [0.29, 0.717) is 11.6 Å². The predicted molar refractivity (Wildman–Crippen MR) is 95.0 cm³/mol. The summed E-state index contributed by atoms with van der Waals surface area (Å²) in [6, 6.07) is 11.8. The Bertz CT molecular complexity index is 619. The maximum atomic E-state index is 5.92. The molecule has 2 aromatic rings. The average molecular weight is 434 g/mol. The summed E-state index contributed by atoms with van der Waals surface area (Å²) in [5.74, 6) is 0.781. The maximum absolute atomic E-state index is 5.92. The van der Waals surface area contributed by atoms with E-state index in [9.17, 15) is 0 Å². The molecule has 21 heavy (non-hydrogen) atoms. The fraction of sp³-hybridized carbons (Fsp3) is 0.250. The highest BCUT2D eigenvalue weighted by molar-refractivity contribution is 9.10. The summed E-state index contributed by atoms with van der Waals surface area (Å²) >= 11 is 13.0. The molecule has 0 atom stereocenters. The molecule has 0 unspecified atom stereocenters. The lowest BCUT2D eigenvalue weighted by Crippen LogP contribution is -2.11. The summed E-state index contributed by atoms with van der Waals surface area (Å²) in [5, 5.41) is 3.99.